The zero-order valence-electron chi connectivity index (χ0n) is 3.86. The number of aliphatic hydroxyl groups excluding tert-OH is 1. The molecule has 0 aromatic carbocycles. The highest BCUT2D eigenvalue weighted by molar-refractivity contribution is 6.08. The van der Waals surface area contributed by atoms with E-state index in [0.29, 0.717) is 0 Å². The summed E-state index contributed by atoms with van der Waals surface area (Å²) < 4.78 is 1.28. The average Bonchev–Trinajstić information content (AvgIpc) is 1.46. The van der Waals surface area contributed by atoms with Gasteiger partial charge < -0.3 is 5.11 Å². The molecule has 0 bridgehead atoms. The molecule has 0 heterocycles. The number of hydrogen-bond donors (Lipinski definition) is 1. The van der Waals surface area contributed by atoms with E-state index in [4.69, 9.17) is 5.11 Å². The molecule has 5 heavy (non-hydrogen) atoms. The van der Waals surface area contributed by atoms with Gasteiger partial charge in [-0.05, 0) is 0 Å². The van der Waals surface area contributed by atoms with Gasteiger partial charge in [0.1, 0.15) is 0 Å². The minimum absolute atomic E-state index is 1.00. The SMILES string of the molecule is CO.C[CH2][Mg+2]. The summed E-state index contributed by atoms with van der Waals surface area (Å²) in [5.74, 6) is 0. The van der Waals surface area contributed by atoms with Crippen molar-refractivity contribution in [2.75, 3.05) is 7.11 Å². The maximum atomic E-state index is 7.00. The Morgan fingerprint density at radius 3 is 1.60 bits per heavy atom. The molecule has 0 aromatic rings. The lowest BCUT2D eigenvalue weighted by Crippen LogP contribution is -1.41. The summed E-state index contributed by atoms with van der Waals surface area (Å²) in [5.41, 5.74) is 0. The highest BCUT2D eigenvalue weighted by Gasteiger charge is 2.13. The van der Waals surface area contributed by atoms with Gasteiger partial charge >= 0.3 is 21.7 Å². The van der Waals surface area contributed by atoms with Crippen LogP contribution >= 0.6 is 0 Å². The Morgan fingerprint density at radius 1 is 1.60 bits per heavy atom. The highest BCUT2D eigenvalue weighted by atomic mass is 24.4. The van der Waals surface area contributed by atoms with Gasteiger partial charge in [0.15, 0.2) is 0 Å². The molecule has 0 rings (SSSR count). The van der Waals surface area contributed by atoms with Crippen LogP contribution in [-0.4, -0.2) is 33.9 Å². The van der Waals surface area contributed by atoms with Crippen LogP contribution < -0.4 is 0 Å². The van der Waals surface area contributed by atoms with Gasteiger partial charge in [-0.25, -0.2) is 0 Å². The summed E-state index contributed by atoms with van der Waals surface area (Å²) in [7, 11) is 1.00. The van der Waals surface area contributed by atoms with E-state index < -0.39 is 0 Å². The van der Waals surface area contributed by atoms with E-state index in [1.54, 1.807) is 0 Å². The molecule has 0 saturated heterocycles. The summed E-state index contributed by atoms with van der Waals surface area (Å²) >= 11 is 1.97. The molecule has 1 nitrogen and oxygen atoms in total. The van der Waals surface area contributed by atoms with Crippen LogP contribution in [0.5, 0.6) is 0 Å². The fourth-order valence-electron chi connectivity index (χ4n) is 0. The van der Waals surface area contributed by atoms with Crippen molar-refractivity contribution in [1.82, 2.24) is 0 Å². The third kappa shape index (κ3) is 66.6. The molecule has 0 aliphatic heterocycles. The first-order valence-corrected chi connectivity index (χ1v) is 2.65. The van der Waals surface area contributed by atoms with Crippen LogP contribution in [0.25, 0.3) is 0 Å². The van der Waals surface area contributed by atoms with Gasteiger partial charge in [0.2, 0.25) is 0 Å². The molecule has 0 amide bonds. The van der Waals surface area contributed by atoms with E-state index in [0.717, 1.165) is 7.11 Å². The van der Waals surface area contributed by atoms with Crippen LogP contribution in [0.4, 0.5) is 0 Å². The minimum atomic E-state index is 1.00. The first-order chi connectivity index (χ1) is 2.41. The van der Waals surface area contributed by atoms with Gasteiger partial charge in [-0.3, -0.25) is 0 Å². The highest BCUT2D eigenvalue weighted by Crippen LogP contribution is 1.49. The van der Waals surface area contributed by atoms with Crippen LogP contribution in [0, 0.1) is 0 Å². The number of hydrogen-bond acceptors (Lipinski definition) is 1. The van der Waals surface area contributed by atoms with E-state index in [9.17, 15) is 0 Å². The molecule has 0 spiro atoms. The quantitative estimate of drug-likeness (QED) is 0.417. The summed E-state index contributed by atoms with van der Waals surface area (Å²) in [5, 5.41) is 7.00. The molecule has 0 aliphatic rings. The van der Waals surface area contributed by atoms with Crippen molar-refractivity contribution >= 4 is 21.7 Å². The fraction of sp³-hybridized carbons (Fsp3) is 1.00. The van der Waals surface area contributed by atoms with Crippen LogP contribution in [0.3, 0.4) is 0 Å². The van der Waals surface area contributed by atoms with Crippen molar-refractivity contribution in [3.63, 3.8) is 0 Å². The van der Waals surface area contributed by atoms with Crippen LogP contribution in [0.15, 0.2) is 0 Å². The van der Waals surface area contributed by atoms with Gasteiger partial charge in [-0.1, -0.05) is 0 Å². The van der Waals surface area contributed by atoms with Crippen LogP contribution in [0.2, 0.25) is 4.55 Å². The fourth-order valence-corrected chi connectivity index (χ4v) is 0. The van der Waals surface area contributed by atoms with E-state index in [2.05, 4.69) is 6.92 Å². The van der Waals surface area contributed by atoms with Crippen molar-refractivity contribution in [2.24, 2.45) is 0 Å². The largest absolute Gasteiger partial charge is 1.41 e. The summed E-state index contributed by atoms with van der Waals surface area (Å²) in [4.78, 5) is 0. The van der Waals surface area contributed by atoms with Gasteiger partial charge in [0.05, 0.1) is 0 Å². The Labute approximate surface area is 45.8 Å². The molecule has 7 radical (unpaired) electrons. The monoisotopic (exact) mass is 85.0 g/mol. The predicted molar refractivity (Wildman–Crippen MR) is 24.4 cm³/mol. The van der Waals surface area contributed by atoms with Crippen LogP contribution in [0.1, 0.15) is 6.92 Å². The first-order valence-electron chi connectivity index (χ1n) is 1.65. The predicted octanol–water partition coefficient (Wildman–Crippen LogP) is 0.202. The molecule has 1 N–H and O–H groups in total. The molecular formula is C3H9MgO+2. The van der Waals surface area contributed by atoms with Crippen molar-refractivity contribution in [2.45, 2.75) is 11.5 Å². The normalized spacial score (nSPS) is 4.80. The Balaban J connectivity index is 0. The Bertz CT molecular complexity index is 6.85. The van der Waals surface area contributed by atoms with Gasteiger partial charge in [0, 0.05) is 14.0 Å². The lowest BCUT2D eigenvalue weighted by molar-refractivity contribution is 0.399. The van der Waals surface area contributed by atoms with Crippen molar-refractivity contribution < 1.29 is 5.11 Å². The lowest BCUT2D eigenvalue weighted by atomic mass is 11.0. The Morgan fingerprint density at radius 2 is 1.60 bits per heavy atom. The molecule has 0 unspecified atom stereocenters. The standard InChI is InChI=1S/C2H5.CH4O.Mg/c2*1-2;/h1H2,2H3;2H,1H3;/q;;+2. The minimum Gasteiger partial charge on any atom is -0.400 e. The molecule has 0 aliphatic carbocycles. The molecule has 0 saturated carbocycles. The number of rotatable bonds is 0. The molecule has 0 aromatic heterocycles. The van der Waals surface area contributed by atoms with E-state index in [1.807, 2.05) is 21.7 Å². The van der Waals surface area contributed by atoms with Gasteiger partial charge in [-0.2, -0.15) is 0 Å². The smallest absolute Gasteiger partial charge is 0.400 e. The third-order valence-electron chi connectivity index (χ3n) is 0. The summed E-state index contributed by atoms with van der Waals surface area (Å²) in [6, 6.07) is 0. The van der Waals surface area contributed by atoms with Crippen molar-refractivity contribution in [3.8, 4) is 0 Å². The summed E-state index contributed by atoms with van der Waals surface area (Å²) in [6.07, 6.45) is 0. The second-order valence-corrected chi connectivity index (χ2v) is 1.50. The second kappa shape index (κ2) is 22.0. The summed E-state index contributed by atoms with van der Waals surface area (Å²) in [6.45, 7) is 2.14. The first kappa shape index (κ1) is 9.21. The maximum absolute atomic E-state index is 7.00. The topological polar surface area (TPSA) is 20.2 Å². The Hall–Kier alpha value is 0.726. The molecule has 0 fully saturated rings. The van der Waals surface area contributed by atoms with E-state index in [-0.39, 0.29) is 0 Å². The Kier molecular flexibility index (Phi) is 40.6. The third-order valence-corrected chi connectivity index (χ3v) is 0. The van der Waals surface area contributed by atoms with Gasteiger partial charge in [0.25, 0.3) is 4.55 Å². The molecule has 0 atom stereocenters. The second-order valence-electron chi connectivity index (χ2n) is 0.500. The zero-order chi connectivity index (χ0) is 4.71. The maximum Gasteiger partial charge on any atom is 1.41 e. The van der Waals surface area contributed by atoms with E-state index >= 15 is 0 Å². The lowest BCUT2D eigenvalue weighted by Gasteiger charge is -1.21. The van der Waals surface area contributed by atoms with Crippen LogP contribution in [-0.2, 0) is 0 Å². The van der Waals surface area contributed by atoms with Crippen molar-refractivity contribution in [3.05, 3.63) is 0 Å². The molecule has 27 valence electrons. The van der Waals surface area contributed by atoms with Crippen molar-refractivity contribution in [1.29, 1.82) is 0 Å². The molecular weight excluding hydrogens is 76.3 g/mol. The molecule has 2 heteroatoms. The van der Waals surface area contributed by atoms with E-state index in [1.165, 1.54) is 4.55 Å². The average molecular weight is 85.4 g/mol. The van der Waals surface area contributed by atoms with Gasteiger partial charge in [-0.15, -0.1) is 0 Å². The zero-order valence-corrected chi connectivity index (χ0v) is 5.28. The number of aliphatic hydroxyl groups is 1.